The molecule has 0 atom stereocenters. The second kappa shape index (κ2) is 7.11. The third-order valence-electron chi connectivity index (χ3n) is 3.46. The van der Waals surface area contributed by atoms with Crippen LogP contribution in [0.3, 0.4) is 0 Å². The summed E-state index contributed by atoms with van der Waals surface area (Å²) in [6.45, 7) is 6.35. The normalized spacial score (nSPS) is 14.8. The van der Waals surface area contributed by atoms with E-state index in [2.05, 4.69) is 28.4 Å². The van der Waals surface area contributed by atoms with Gasteiger partial charge in [0.25, 0.3) is 0 Å². The van der Waals surface area contributed by atoms with Crippen molar-refractivity contribution in [1.29, 1.82) is 0 Å². The van der Waals surface area contributed by atoms with Gasteiger partial charge in [-0.25, -0.2) is 4.79 Å². The summed E-state index contributed by atoms with van der Waals surface area (Å²) in [6, 6.07) is 8.34. The van der Waals surface area contributed by atoms with Crippen LogP contribution >= 0.6 is 23.7 Å². The number of thiophene rings is 1. The van der Waals surface area contributed by atoms with Crippen molar-refractivity contribution in [3.05, 3.63) is 29.1 Å². The van der Waals surface area contributed by atoms with Crippen LogP contribution in [0.1, 0.15) is 16.6 Å². The number of anilines is 1. The first kappa shape index (κ1) is 16.1. The van der Waals surface area contributed by atoms with Gasteiger partial charge in [0, 0.05) is 36.6 Å². The molecule has 0 aliphatic carbocycles. The van der Waals surface area contributed by atoms with Crippen molar-refractivity contribution in [1.82, 2.24) is 5.32 Å². The van der Waals surface area contributed by atoms with Crippen LogP contribution in [0.15, 0.2) is 24.3 Å². The fourth-order valence-electron chi connectivity index (χ4n) is 2.45. The van der Waals surface area contributed by atoms with Crippen LogP contribution in [-0.2, 0) is 4.74 Å². The summed E-state index contributed by atoms with van der Waals surface area (Å²) in [5, 5.41) is 4.47. The predicted octanol–water partition coefficient (Wildman–Crippen LogP) is 2.91. The lowest BCUT2D eigenvalue weighted by Crippen LogP contribution is -2.43. The molecule has 4 nitrogen and oxygen atoms in total. The van der Waals surface area contributed by atoms with Crippen molar-refractivity contribution in [3.8, 4) is 0 Å². The van der Waals surface area contributed by atoms with Gasteiger partial charge in [0.05, 0.1) is 6.61 Å². The highest BCUT2D eigenvalue weighted by Crippen LogP contribution is 2.30. The van der Waals surface area contributed by atoms with Crippen LogP contribution in [0.2, 0.25) is 0 Å². The third-order valence-corrected chi connectivity index (χ3v) is 4.55. The van der Waals surface area contributed by atoms with Crippen molar-refractivity contribution in [2.75, 3.05) is 37.7 Å². The highest BCUT2D eigenvalue weighted by atomic mass is 35.5. The Morgan fingerprint density at radius 2 is 2.10 bits per heavy atom. The average molecular weight is 327 g/mol. The van der Waals surface area contributed by atoms with E-state index in [9.17, 15) is 4.79 Å². The Hall–Kier alpha value is -1.30. The van der Waals surface area contributed by atoms with E-state index in [1.165, 1.54) is 17.0 Å². The van der Waals surface area contributed by atoms with Gasteiger partial charge in [-0.15, -0.1) is 23.7 Å². The van der Waals surface area contributed by atoms with Gasteiger partial charge in [-0.1, -0.05) is 0 Å². The van der Waals surface area contributed by atoms with Crippen molar-refractivity contribution in [2.45, 2.75) is 6.92 Å². The van der Waals surface area contributed by atoms with Crippen molar-refractivity contribution >= 4 is 45.5 Å². The molecule has 1 N–H and O–H groups in total. The van der Waals surface area contributed by atoms with E-state index in [-0.39, 0.29) is 18.4 Å². The van der Waals surface area contributed by atoms with E-state index < -0.39 is 0 Å². The summed E-state index contributed by atoms with van der Waals surface area (Å²) in [6.07, 6.45) is 0. The van der Waals surface area contributed by atoms with Gasteiger partial charge in [-0.2, -0.15) is 0 Å². The maximum atomic E-state index is 11.8. The van der Waals surface area contributed by atoms with E-state index >= 15 is 0 Å². The minimum Gasteiger partial charge on any atom is -0.462 e. The summed E-state index contributed by atoms with van der Waals surface area (Å²) in [7, 11) is 0. The molecule has 21 heavy (non-hydrogen) atoms. The summed E-state index contributed by atoms with van der Waals surface area (Å²) in [4.78, 5) is 14.8. The van der Waals surface area contributed by atoms with Crippen LogP contribution in [0.25, 0.3) is 10.1 Å². The molecule has 1 aromatic carbocycles. The van der Waals surface area contributed by atoms with E-state index in [1.54, 1.807) is 0 Å². The molecule has 2 heterocycles. The number of hydrogen-bond acceptors (Lipinski definition) is 5. The average Bonchev–Trinajstić information content (AvgIpc) is 2.91. The van der Waals surface area contributed by atoms with Crippen molar-refractivity contribution in [2.24, 2.45) is 0 Å². The summed E-state index contributed by atoms with van der Waals surface area (Å²) in [5.74, 6) is -0.225. The quantitative estimate of drug-likeness (QED) is 0.881. The molecule has 1 aliphatic heterocycles. The molecule has 0 saturated carbocycles. The number of piperazine rings is 1. The molecular formula is C15H19ClN2O2S. The molecule has 0 spiro atoms. The minimum absolute atomic E-state index is 0. The Morgan fingerprint density at radius 1 is 1.33 bits per heavy atom. The molecule has 0 bridgehead atoms. The molecule has 1 saturated heterocycles. The SMILES string of the molecule is CCOC(=O)c1cc2cc(N3CCNCC3)ccc2s1.Cl. The molecule has 1 aromatic heterocycles. The molecule has 114 valence electrons. The number of benzene rings is 1. The lowest BCUT2D eigenvalue weighted by molar-refractivity contribution is 0.0532. The lowest BCUT2D eigenvalue weighted by atomic mass is 10.2. The molecule has 0 radical (unpaired) electrons. The van der Waals surface area contributed by atoms with Crippen LogP contribution in [0.4, 0.5) is 5.69 Å². The van der Waals surface area contributed by atoms with Gasteiger partial charge in [-0.05, 0) is 36.6 Å². The molecule has 1 aliphatic rings. The first-order valence-electron chi connectivity index (χ1n) is 6.94. The summed E-state index contributed by atoms with van der Waals surface area (Å²) in [5.41, 5.74) is 1.23. The number of ether oxygens (including phenoxy) is 1. The fourth-order valence-corrected chi connectivity index (χ4v) is 3.39. The van der Waals surface area contributed by atoms with Gasteiger partial charge < -0.3 is 15.0 Å². The van der Waals surface area contributed by atoms with Crippen molar-refractivity contribution in [3.63, 3.8) is 0 Å². The number of hydrogen-bond donors (Lipinski definition) is 1. The van der Waals surface area contributed by atoms with Gasteiger partial charge >= 0.3 is 5.97 Å². The third kappa shape index (κ3) is 3.48. The summed E-state index contributed by atoms with van der Waals surface area (Å²) >= 11 is 1.50. The fraction of sp³-hybridized carbons (Fsp3) is 0.400. The number of fused-ring (bicyclic) bond motifs is 1. The highest BCUT2D eigenvalue weighted by molar-refractivity contribution is 7.20. The van der Waals surface area contributed by atoms with E-state index in [4.69, 9.17) is 4.74 Å². The second-order valence-electron chi connectivity index (χ2n) is 4.79. The van der Waals surface area contributed by atoms with Gasteiger partial charge in [0.15, 0.2) is 0 Å². The van der Waals surface area contributed by atoms with Gasteiger partial charge in [0.1, 0.15) is 4.88 Å². The number of nitrogens with zero attached hydrogens (tertiary/aromatic N) is 1. The lowest BCUT2D eigenvalue weighted by Gasteiger charge is -2.29. The van der Waals surface area contributed by atoms with E-state index in [0.29, 0.717) is 11.5 Å². The zero-order chi connectivity index (χ0) is 13.9. The smallest absolute Gasteiger partial charge is 0.348 e. The second-order valence-corrected chi connectivity index (χ2v) is 5.87. The van der Waals surface area contributed by atoms with Crippen LogP contribution in [-0.4, -0.2) is 38.8 Å². The zero-order valence-corrected chi connectivity index (χ0v) is 13.6. The Morgan fingerprint density at radius 3 is 2.81 bits per heavy atom. The molecule has 6 heteroatoms. The van der Waals surface area contributed by atoms with E-state index in [0.717, 1.165) is 36.3 Å². The Kier molecular flexibility index (Phi) is 5.45. The molecule has 3 rings (SSSR count). The first-order valence-corrected chi connectivity index (χ1v) is 7.76. The van der Waals surface area contributed by atoms with Crippen LogP contribution < -0.4 is 10.2 Å². The number of carbonyl (C=O) groups excluding carboxylic acids is 1. The molecule has 0 unspecified atom stereocenters. The number of esters is 1. The topological polar surface area (TPSA) is 41.6 Å². The molecular weight excluding hydrogens is 308 g/mol. The number of rotatable bonds is 3. The monoisotopic (exact) mass is 326 g/mol. The van der Waals surface area contributed by atoms with Crippen LogP contribution in [0.5, 0.6) is 0 Å². The van der Waals surface area contributed by atoms with Gasteiger partial charge in [0.2, 0.25) is 0 Å². The minimum atomic E-state index is -0.225. The summed E-state index contributed by atoms with van der Waals surface area (Å²) < 4.78 is 6.19. The first-order chi connectivity index (χ1) is 9.78. The Labute approximate surface area is 134 Å². The number of halogens is 1. The predicted molar refractivity (Wildman–Crippen MR) is 90.1 cm³/mol. The number of carbonyl (C=O) groups is 1. The van der Waals surface area contributed by atoms with Crippen LogP contribution in [0, 0.1) is 0 Å². The zero-order valence-electron chi connectivity index (χ0n) is 11.9. The maximum Gasteiger partial charge on any atom is 0.348 e. The van der Waals surface area contributed by atoms with Crippen molar-refractivity contribution < 1.29 is 9.53 Å². The largest absolute Gasteiger partial charge is 0.462 e. The Balaban J connectivity index is 0.00000161. The maximum absolute atomic E-state index is 11.8. The highest BCUT2D eigenvalue weighted by Gasteiger charge is 2.14. The van der Waals surface area contributed by atoms with E-state index in [1.807, 2.05) is 13.0 Å². The van der Waals surface area contributed by atoms with Gasteiger partial charge in [-0.3, -0.25) is 0 Å². The molecule has 1 fully saturated rings. The Bertz CT molecular complexity index is 623. The number of nitrogens with one attached hydrogen (secondary N) is 1. The molecule has 0 amide bonds. The standard InChI is InChI=1S/C15H18N2O2S.ClH/c1-2-19-15(18)14-10-11-9-12(3-4-13(11)20-14)17-7-5-16-6-8-17;/h3-4,9-10,16H,2,5-8H2,1H3;1H. The molecule has 2 aromatic rings.